The molecule has 98 valence electrons. The fraction of sp³-hybridized carbons (Fsp3) is 0.312. The van der Waals surface area contributed by atoms with E-state index in [0.29, 0.717) is 6.04 Å². The largest absolute Gasteiger partial charge is 0.304 e. The van der Waals surface area contributed by atoms with Crippen LogP contribution in [0.25, 0.3) is 0 Å². The zero-order chi connectivity index (χ0) is 13.2. The molecule has 0 aliphatic heterocycles. The van der Waals surface area contributed by atoms with Crippen LogP contribution in [0.1, 0.15) is 35.0 Å². The lowest BCUT2D eigenvalue weighted by molar-refractivity contribution is 0.525. The molecule has 0 bridgehead atoms. The Morgan fingerprint density at radius 1 is 1.32 bits per heavy atom. The van der Waals surface area contributed by atoms with Gasteiger partial charge < -0.3 is 5.32 Å². The second-order valence-corrected chi connectivity index (χ2v) is 6.00. The van der Waals surface area contributed by atoms with Crippen LogP contribution >= 0.6 is 15.9 Å². The third kappa shape index (κ3) is 2.88. The van der Waals surface area contributed by atoms with Crippen molar-refractivity contribution in [3.63, 3.8) is 0 Å². The molecule has 3 rings (SSSR count). The lowest BCUT2D eigenvalue weighted by Gasteiger charge is -2.14. The highest BCUT2D eigenvalue weighted by Gasteiger charge is 2.21. The number of rotatable bonds is 3. The van der Waals surface area contributed by atoms with E-state index in [1.165, 1.54) is 22.0 Å². The molecule has 1 aliphatic rings. The summed E-state index contributed by atoms with van der Waals surface area (Å²) in [6.45, 7) is 2.87. The molecule has 0 amide bonds. The van der Waals surface area contributed by atoms with Crippen molar-refractivity contribution in [3.8, 4) is 0 Å². The van der Waals surface area contributed by atoms with Crippen molar-refractivity contribution in [1.82, 2.24) is 10.3 Å². The molecule has 0 fully saturated rings. The smallest absolute Gasteiger partial charge is 0.0545 e. The number of hydrogen-bond donors (Lipinski definition) is 1. The van der Waals surface area contributed by atoms with E-state index in [2.05, 4.69) is 56.6 Å². The average molecular weight is 317 g/mol. The van der Waals surface area contributed by atoms with Crippen molar-refractivity contribution in [1.29, 1.82) is 0 Å². The monoisotopic (exact) mass is 316 g/mol. The van der Waals surface area contributed by atoms with E-state index in [1.54, 1.807) is 0 Å². The van der Waals surface area contributed by atoms with Gasteiger partial charge in [-0.05, 0) is 55.2 Å². The van der Waals surface area contributed by atoms with Gasteiger partial charge in [0.15, 0.2) is 0 Å². The van der Waals surface area contributed by atoms with Crippen molar-refractivity contribution >= 4 is 15.9 Å². The minimum atomic E-state index is 0.463. The van der Waals surface area contributed by atoms with Crippen LogP contribution < -0.4 is 5.32 Å². The Hall–Kier alpha value is -1.19. The van der Waals surface area contributed by atoms with Crippen LogP contribution in [0.5, 0.6) is 0 Å². The number of halogens is 1. The van der Waals surface area contributed by atoms with Crippen molar-refractivity contribution in [2.24, 2.45) is 0 Å². The third-order valence-corrected chi connectivity index (χ3v) is 4.15. The molecule has 0 saturated carbocycles. The van der Waals surface area contributed by atoms with E-state index in [9.17, 15) is 0 Å². The van der Waals surface area contributed by atoms with E-state index in [-0.39, 0.29) is 0 Å². The Labute approximate surface area is 122 Å². The molecule has 1 N–H and O–H groups in total. The average Bonchev–Trinajstić information content (AvgIpc) is 2.78. The molecule has 1 aromatic carbocycles. The van der Waals surface area contributed by atoms with E-state index >= 15 is 0 Å². The fourth-order valence-corrected chi connectivity index (χ4v) is 3.13. The quantitative estimate of drug-likeness (QED) is 0.928. The van der Waals surface area contributed by atoms with Gasteiger partial charge in [-0.15, -0.1) is 0 Å². The first-order chi connectivity index (χ1) is 9.22. The van der Waals surface area contributed by atoms with Crippen LogP contribution in [0.4, 0.5) is 0 Å². The van der Waals surface area contributed by atoms with Crippen molar-refractivity contribution in [2.45, 2.75) is 32.4 Å². The van der Waals surface area contributed by atoms with Gasteiger partial charge >= 0.3 is 0 Å². The maximum absolute atomic E-state index is 4.53. The van der Waals surface area contributed by atoms with Gasteiger partial charge in [0.2, 0.25) is 0 Å². The number of aromatic nitrogens is 1. The van der Waals surface area contributed by atoms with Crippen molar-refractivity contribution in [2.75, 3.05) is 0 Å². The van der Waals surface area contributed by atoms with Crippen molar-refractivity contribution < 1.29 is 0 Å². The van der Waals surface area contributed by atoms with Gasteiger partial charge in [-0.25, -0.2) is 0 Å². The molecule has 19 heavy (non-hydrogen) atoms. The Morgan fingerprint density at radius 2 is 2.21 bits per heavy atom. The summed E-state index contributed by atoms with van der Waals surface area (Å²) < 4.78 is 1.17. The number of nitrogens with zero attached hydrogens (tertiary/aromatic N) is 1. The standard InChI is InChI=1S/C16H17BrN2/c1-11-3-2-4-14(19-11)10-18-16-8-5-12-9-13(17)6-7-15(12)16/h2-4,6-7,9,16,18H,5,8,10H2,1H3. The van der Waals surface area contributed by atoms with Crippen LogP contribution in [0.15, 0.2) is 40.9 Å². The number of aryl methyl sites for hydroxylation is 2. The number of nitrogens with one attached hydrogen (secondary N) is 1. The molecule has 3 heteroatoms. The highest BCUT2D eigenvalue weighted by Crippen LogP contribution is 2.33. The van der Waals surface area contributed by atoms with Gasteiger partial charge in [-0.2, -0.15) is 0 Å². The van der Waals surface area contributed by atoms with Crippen LogP contribution in [-0.4, -0.2) is 4.98 Å². The minimum Gasteiger partial charge on any atom is -0.304 e. The molecule has 0 saturated heterocycles. The molecule has 1 heterocycles. The first kappa shape index (κ1) is 12.8. The Balaban J connectivity index is 1.70. The number of fused-ring (bicyclic) bond motifs is 1. The van der Waals surface area contributed by atoms with Crippen LogP contribution in [-0.2, 0) is 13.0 Å². The Kier molecular flexibility index (Phi) is 3.67. The first-order valence-corrected chi connectivity index (χ1v) is 7.46. The van der Waals surface area contributed by atoms with E-state index in [4.69, 9.17) is 0 Å². The van der Waals surface area contributed by atoms with E-state index in [1.807, 2.05) is 13.0 Å². The molecule has 2 aromatic rings. The van der Waals surface area contributed by atoms with Gasteiger partial charge in [-0.1, -0.05) is 28.1 Å². The van der Waals surface area contributed by atoms with Crippen LogP contribution in [0.2, 0.25) is 0 Å². The molecule has 1 unspecified atom stereocenters. The summed E-state index contributed by atoms with van der Waals surface area (Å²) >= 11 is 3.54. The van der Waals surface area contributed by atoms with Crippen molar-refractivity contribution in [3.05, 3.63) is 63.4 Å². The van der Waals surface area contributed by atoms with Gasteiger partial charge in [0.05, 0.1) is 5.69 Å². The number of pyridine rings is 1. The fourth-order valence-electron chi connectivity index (χ4n) is 2.72. The Bertz CT molecular complexity index is 595. The highest BCUT2D eigenvalue weighted by molar-refractivity contribution is 9.10. The zero-order valence-corrected chi connectivity index (χ0v) is 12.6. The van der Waals surface area contributed by atoms with Crippen LogP contribution in [0.3, 0.4) is 0 Å². The summed E-state index contributed by atoms with van der Waals surface area (Å²) in [5, 5.41) is 3.62. The molecule has 0 spiro atoms. The third-order valence-electron chi connectivity index (χ3n) is 3.66. The minimum absolute atomic E-state index is 0.463. The van der Waals surface area contributed by atoms with E-state index in [0.717, 1.165) is 24.4 Å². The summed E-state index contributed by atoms with van der Waals surface area (Å²) in [5.41, 5.74) is 5.10. The topological polar surface area (TPSA) is 24.9 Å². The van der Waals surface area contributed by atoms with Gasteiger partial charge in [0, 0.05) is 22.8 Å². The second-order valence-electron chi connectivity index (χ2n) is 5.09. The van der Waals surface area contributed by atoms with Gasteiger partial charge in [-0.3, -0.25) is 4.98 Å². The van der Waals surface area contributed by atoms with Gasteiger partial charge in [0.25, 0.3) is 0 Å². The normalized spacial score (nSPS) is 17.5. The predicted octanol–water partition coefficient (Wildman–Crippen LogP) is 3.93. The molecule has 2 nitrogen and oxygen atoms in total. The van der Waals surface area contributed by atoms with E-state index < -0.39 is 0 Å². The SMILES string of the molecule is Cc1cccc(CNC2CCc3cc(Br)ccc32)n1. The molecular formula is C16H17BrN2. The molecular weight excluding hydrogens is 300 g/mol. The predicted molar refractivity (Wildman–Crippen MR) is 81.0 cm³/mol. The molecule has 0 radical (unpaired) electrons. The number of hydrogen-bond acceptors (Lipinski definition) is 2. The Morgan fingerprint density at radius 3 is 3.05 bits per heavy atom. The lowest BCUT2D eigenvalue weighted by atomic mass is 10.1. The summed E-state index contributed by atoms with van der Waals surface area (Å²) in [5.74, 6) is 0. The molecule has 1 atom stereocenters. The number of benzene rings is 1. The summed E-state index contributed by atoms with van der Waals surface area (Å²) in [7, 11) is 0. The van der Waals surface area contributed by atoms with Gasteiger partial charge in [0.1, 0.15) is 0 Å². The first-order valence-electron chi connectivity index (χ1n) is 6.66. The second kappa shape index (κ2) is 5.43. The zero-order valence-electron chi connectivity index (χ0n) is 11.0. The maximum atomic E-state index is 4.53. The summed E-state index contributed by atoms with van der Waals surface area (Å²) in [6, 6.07) is 13.2. The summed E-state index contributed by atoms with van der Waals surface area (Å²) in [4.78, 5) is 4.53. The van der Waals surface area contributed by atoms with Crippen LogP contribution in [0, 0.1) is 6.92 Å². The highest BCUT2D eigenvalue weighted by atomic mass is 79.9. The summed E-state index contributed by atoms with van der Waals surface area (Å²) in [6.07, 6.45) is 2.34. The lowest BCUT2D eigenvalue weighted by Crippen LogP contribution is -2.19. The molecule has 1 aromatic heterocycles. The molecule has 1 aliphatic carbocycles. The maximum Gasteiger partial charge on any atom is 0.0545 e.